The number of aryl methyl sites for hydroxylation is 1. The molecule has 0 amide bonds. The Kier molecular flexibility index (Phi) is 3.37. The van der Waals surface area contributed by atoms with Crippen LogP contribution in [0.3, 0.4) is 0 Å². The van der Waals surface area contributed by atoms with Crippen LogP contribution in [0.4, 0.5) is 5.69 Å². The molecule has 1 aliphatic rings. The Morgan fingerprint density at radius 3 is 2.82 bits per heavy atom. The van der Waals surface area contributed by atoms with Crippen LogP contribution in [-0.2, 0) is 9.53 Å². The summed E-state index contributed by atoms with van der Waals surface area (Å²) in [6.45, 7) is 4.50. The third kappa shape index (κ3) is 2.61. The van der Waals surface area contributed by atoms with Crippen molar-refractivity contribution in [1.29, 1.82) is 0 Å². The van der Waals surface area contributed by atoms with Crippen LogP contribution < -0.4 is 14.8 Å². The first-order valence-corrected chi connectivity index (χ1v) is 5.50. The van der Waals surface area contributed by atoms with Gasteiger partial charge in [-0.3, -0.25) is 4.79 Å². The number of benzene rings is 1. The van der Waals surface area contributed by atoms with Crippen molar-refractivity contribution in [2.45, 2.75) is 13.8 Å². The van der Waals surface area contributed by atoms with E-state index in [1.165, 1.54) is 0 Å². The third-order valence-corrected chi connectivity index (χ3v) is 2.45. The highest BCUT2D eigenvalue weighted by Gasteiger charge is 2.15. The second kappa shape index (κ2) is 4.95. The fourth-order valence-electron chi connectivity index (χ4n) is 1.61. The second-order valence-electron chi connectivity index (χ2n) is 3.68. The van der Waals surface area contributed by atoms with Crippen LogP contribution in [-0.4, -0.2) is 25.9 Å². The third-order valence-electron chi connectivity index (χ3n) is 2.45. The lowest BCUT2D eigenvalue weighted by molar-refractivity contribution is -0.140. The van der Waals surface area contributed by atoms with Gasteiger partial charge in [-0.05, 0) is 25.5 Å². The monoisotopic (exact) mass is 237 g/mol. The van der Waals surface area contributed by atoms with Gasteiger partial charge in [-0.15, -0.1) is 0 Å². The number of nitrogens with one attached hydrogen (secondary N) is 1. The summed E-state index contributed by atoms with van der Waals surface area (Å²) in [7, 11) is 0. The average Bonchev–Trinajstić information content (AvgIpc) is 2.73. The van der Waals surface area contributed by atoms with Gasteiger partial charge in [0.15, 0.2) is 11.5 Å². The molecular formula is C12H15NO4. The quantitative estimate of drug-likeness (QED) is 0.808. The van der Waals surface area contributed by atoms with E-state index in [4.69, 9.17) is 14.2 Å². The fraction of sp³-hybridized carbons (Fsp3) is 0.417. The number of carbonyl (C=O) groups excluding carboxylic acids is 1. The number of rotatable bonds is 4. The molecule has 0 unspecified atom stereocenters. The molecule has 1 aliphatic heterocycles. The molecule has 0 saturated heterocycles. The van der Waals surface area contributed by atoms with E-state index >= 15 is 0 Å². The summed E-state index contributed by atoms with van der Waals surface area (Å²) in [6.07, 6.45) is 0. The number of hydrogen-bond donors (Lipinski definition) is 1. The van der Waals surface area contributed by atoms with E-state index in [0.29, 0.717) is 12.4 Å². The zero-order valence-corrected chi connectivity index (χ0v) is 9.91. The molecule has 92 valence electrons. The molecule has 0 aliphatic carbocycles. The minimum absolute atomic E-state index is 0.147. The SMILES string of the molecule is CCOC(=O)CNc1cc2c(cc1C)OCO2. The van der Waals surface area contributed by atoms with Gasteiger partial charge in [0.25, 0.3) is 0 Å². The zero-order valence-electron chi connectivity index (χ0n) is 9.91. The maximum absolute atomic E-state index is 11.2. The molecule has 5 nitrogen and oxygen atoms in total. The number of esters is 1. The van der Waals surface area contributed by atoms with Gasteiger partial charge in [-0.2, -0.15) is 0 Å². The molecule has 17 heavy (non-hydrogen) atoms. The first-order valence-electron chi connectivity index (χ1n) is 5.50. The lowest BCUT2D eigenvalue weighted by atomic mass is 10.2. The smallest absolute Gasteiger partial charge is 0.325 e. The Hall–Kier alpha value is -1.91. The van der Waals surface area contributed by atoms with E-state index in [-0.39, 0.29) is 19.3 Å². The fourth-order valence-corrected chi connectivity index (χ4v) is 1.61. The topological polar surface area (TPSA) is 56.8 Å². The lowest BCUT2D eigenvalue weighted by Crippen LogP contribution is -2.17. The standard InChI is InChI=1S/C12H15NO4/c1-3-15-12(14)6-13-9-5-11-10(4-8(9)2)16-7-17-11/h4-5,13H,3,6-7H2,1-2H3. The van der Waals surface area contributed by atoms with Crippen molar-refractivity contribution in [3.63, 3.8) is 0 Å². The zero-order chi connectivity index (χ0) is 12.3. The van der Waals surface area contributed by atoms with Crippen molar-refractivity contribution < 1.29 is 19.0 Å². The predicted molar refractivity (Wildman–Crippen MR) is 62.4 cm³/mol. The highest BCUT2D eigenvalue weighted by molar-refractivity contribution is 5.76. The van der Waals surface area contributed by atoms with Crippen LogP contribution in [0, 0.1) is 6.92 Å². The van der Waals surface area contributed by atoms with Gasteiger partial charge in [-0.1, -0.05) is 0 Å². The average molecular weight is 237 g/mol. The Morgan fingerprint density at radius 2 is 2.12 bits per heavy atom. The van der Waals surface area contributed by atoms with Gasteiger partial charge in [0, 0.05) is 11.8 Å². The Labute approximate surface area is 99.7 Å². The van der Waals surface area contributed by atoms with Gasteiger partial charge in [-0.25, -0.2) is 0 Å². The summed E-state index contributed by atoms with van der Waals surface area (Å²) < 4.78 is 15.4. The molecule has 1 aromatic rings. The van der Waals surface area contributed by atoms with Gasteiger partial charge < -0.3 is 19.5 Å². The highest BCUT2D eigenvalue weighted by atomic mass is 16.7. The molecule has 0 fully saturated rings. The number of carbonyl (C=O) groups is 1. The first kappa shape index (κ1) is 11.6. The lowest BCUT2D eigenvalue weighted by Gasteiger charge is -2.10. The molecule has 0 spiro atoms. The van der Waals surface area contributed by atoms with Crippen LogP contribution in [0.2, 0.25) is 0 Å². The summed E-state index contributed by atoms with van der Waals surface area (Å²) in [6, 6.07) is 3.71. The molecule has 1 heterocycles. The molecule has 0 radical (unpaired) electrons. The first-order chi connectivity index (χ1) is 8.20. The Balaban J connectivity index is 2.04. The van der Waals surface area contributed by atoms with E-state index in [2.05, 4.69) is 5.32 Å². The van der Waals surface area contributed by atoms with E-state index in [9.17, 15) is 4.79 Å². The maximum Gasteiger partial charge on any atom is 0.325 e. The van der Waals surface area contributed by atoms with Crippen molar-refractivity contribution in [2.75, 3.05) is 25.3 Å². The van der Waals surface area contributed by atoms with Crippen LogP contribution in [0.25, 0.3) is 0 Å². The van der Waals surface area contributed by atoms with Gasteiger partial charge in [0.2, 0.25) is 6.79 Å². The molecule has 0 aromatic heterocycles. The molecule has 5 heteroatoms. The Morgan fingerprint density at radius 1 is 1.41 bits per heavy atom. The summed E-state index contributed by atoms with van der Waals surface area (Å²) in [4.78, 5) is 11.2. The van der Waals surface area contributed by atoms with E-state index < -0.39 is 0 Å². The van der Waals surface area contributed by atoms with E-state index in [1.807, 2.05) is 19.1 Å². The predicted octanol–water partition coefficient (Wildman–Crippen LogP) is 1.70. The van der Waals surface area contributed by atoms with Crippen LogP contribution in [0.5, 0.6) is 11.5 Å². The van der Waals surface area contributed by atoms with Crippen molar-refractivity contribution in [3.8, 4) is 11.5 Å². The Bertz CT molecular complexity index is 431. The molecule has 0 atom stereocenters. The summed E-state index contributed by atoms with van der Waals surface area (Å²) >= 11 is 0. The molecule has 2 rings (SSSR count). The van der Waals surface area contributed by atoms with Crippen molar-refractivity contribution in [3.05, 3.63) is 17.7 Å². The van der Waals surface area contributed by atoms with Gasteiger partial charge >= 0.3 is 5.97 Å². The summed E-state index contributed by atoms with van der Waals surface area (Å²) in [5.74, 6) is 1.16. The van der Waals surface area contributed by atoms with Gasteiger partial charge in [0.05, 0.1) is 6.61 Å². The molecule has 0 bridgehead atoms. The summed E-state index contributed by atoms with van der Waals surface area (Å²) in [5.41, 5.74) is 1.85. The minimum atomic E-state index is -0.274. The molecule has 0 saturated carbocycles. The van der Waals surface area contributed by atoms with Crippen LogP contribution in [0.15, 0.2) is 12.1 Å². The molecule has 1 N–H and O–H groups in total. The van der Waals surface area contributed by atoms with E-state index in [0.717, 1.165) is 17.0 Å². The number of anilines is 1. The second-order valence-corrected chi connectivity index (χ2v) is 3.68. The molecule has 1 aromatic carbocycles. The highest BCUT2D eigenvalue weighted by Crippen LogP contribution is 2.36. The van der Waals surface area contributed by atoms with Crippen LogP contribution in [0.1, 0.15) is 12.5 Å². The summed E-state index contributed by atoms with van der Waals surface area (Å²) in [5, 5.41) is 3.02. The largest absolute Gasteiger partial charge is 0.465 e. The van der Waals surface area contributed by atoms with Crippen molar-refractivity contribution in [1.82, 2.24) is 0 Å². The molecular weight excluding hydrogens is 222 g/mol. The maximum atomic E-state index is 11.2. The van der Waals surface area contributed by atoms with Gasteiger partial charge in [0.1, 0.15) is 6.54 Å². The van der Waals surface area contributed by atoms with Crippen molar-refractivity contribution >= 4 is 11.7 Å². The number of ether oxygens (including phenoxy) is 3. The number of hydrogen-bond acceptors (Lipinski definition) is 5. The van der Waals surface area contributed by atoms with Crippen LogP contribution >= 0.6 is 0 Å². The minimum Gasteiger partial charge on any atom is -0.465 e. The normalized spacial score (nSPS) is 12.4. The van der Waals surface area contributed by atoms with E-state index in [1.54, 1.807) is 6.92 Å². The number of fused-ring (bicyclic) bond motifs is 1. The van der Waals surface area contributed by atoms with Crippen molar-refractivity contribution in [2.24, 2.45) is 0 Å².